The van der Waals surface area contributed by atoms with E-state index in [-0.39, 0.29) is 10.7 Å². The Morgan fingerprint density at radius 1 is 1.63 bits per heavy atom. The second-order valence-electron chi connectivity index (χ2n) is 4.26. The lowest BCUT2D eigenvalue weighted by atomic mass is 9.78. The molecule has 1 saturated carbocycles. The number of pyridine rings is 1. The number of halogens is 1. The number of carbonyl (C=O) groups is 1. The first-order valence-electron chi connectivity index (χ1n) is 5.52. The Balaban J connectivity index is 2.32. The lowest BCUT2D eigenvalue weighted by molar-refractivity contribution is -0.385. The Morgan fingerprint density at radius 3 is 2.79 bits per heavy atom. The molecule has 1 aliphatic carbocycles. The van der Waals surface area contributed by atoms with Crippen molar-refractivity contribution in [3.63, 3.8) is 0 Å². The summed E-state index contributed by atoms with van der Waals surface area (Å²) in [4.78, 5) is 25.8. The summed E-state index contributed by atoms with van der Waals surface area (Å²) in [6.07, 6.45) is 3.14. The Morgan fingerprint density at radius 2 is 2.32 bits per heavy atom. The molecule has 0 saturated heterocycles. The van der Waals surface area contributed by atoms with E-state index in [0.717, 1.165) is 6.42 Å². The van der Waals surface area contributed by atoms with Gasteiger partial charge in [0.2, 0.25) is 5.15 Å². The van der Waals surface area contributed by atoms with Crippen LogP contribution in [0.15, 0.2) is 12.3 Å². The van der Waals surface area contributed by atoms with Crippen molar-refractivity contribution in [1.29, 1.82) is 5.26 Å². The SMILES string of the molecule is N#CC1(NC(=O)c2ccnc(Cl)c2[N+](=O)[O-])CCC1. The highest BCUT2D eigenvalue weighted by atomic mass is 35.5. The maximum Gasteiger partial charge on any atom is 0.319 e. The molecule has 0 aromatic carbocycles. The number of hydrogen-bond acceptors (Lipinski definition) is 5. The van der Waals surface area contributed by atoms with Crippen LogP contribution in [-0.4, -0.2) is 21.4 Å². The van der Waals surface area contributed by atoms with Gasteiger partial charge in [-0.1, -0.05) is 11.6 Å². The van der Waals surface area contributed by atoms with Crippen LogP contribution in [0.4, 0.5) is 5.69 Å². The molecule has 0 bridgehead atoms. The van der Waals surface area contributed by atoms with Crippen molar-refractivity contribution < 1.29 is 9.72 Å². The molecular formula is C11H9ClN4O3. The van der Waals surface area contributed by atoms with E-state index >= 15 is 0 Å². The summed E-state index contributed by atoms with van der Waals surface area (Å²) >= 11 is 5.62. The van der Waals surface area contributed by atoms with Gasteiger partial charge in [0.1, 0.15) is 11.1 Å². The van der Waals surface area contributed by atoms with Gasteiger partial charge < -0.3 is 5.32 Å². The van der Waals surface area contributed by atoms with Crippen molar-refractivity contribution >= 4 is 23.2 Å². The number of aromatic nitrogens is 1. The van der Waals surface area contributed by atoms with Crippen molar-refractivity contribution in [2.45, 2.75) is 24.8 Å². The Labute approximate surface area is 113 Å². The third kappa shape index (κ3) is 2.35. The van der Waals surface area contributed by atoms with E-state index < -0.39 is 22.1 Å². The Hall–Kier alpha value is -2.20. The lowest BCUT2D eigenvalue weighted by Crippen LogP contribution is -2.52. The van der Waals surface area contributed by atoms with Gasteiger partial charge in [0.05, 0.1) is 11.0 Å². The van der Waals surface area contributed by atoms with Gasteiger partial charge in [-0.25, -0.2) is 4.98 Å². The molecule has 0 radical (unpaired) electrons. The predicted octanol–water partition coefficient (Wildman–Crippen LogP) is 1.82. The molecule has 2 rings (SSSR count). The molecule has 0 aliphatic heterocycles. The van der Waals surface area contributed by atoms with E-state index in [1.807, 2.05) is 6.07 Å². The van der Waals surface area contributed by atoms with Crippen LogP contribution in [0.25, 0.3) is 0 Å². The molecule has 1 fully saturated rings. The van der Waals surface area contributed by atoms with Crippen LogP contribution >= 0.6 is 11.6 Å². The number of nitrogens with one attached hydrogen (secondary N) is 1. The third-order valence-corrected chi connectivity index (χ3v) is 3.36. The third-order valence-electron chi connectivity index (χ3n) is 3.08. The van der Waals surface area contributed by atoms with Crippen molar-refractivity contribution in [3.05, 3.63) is 33.1 Å². The average Bonchev–Trinajstić information content (AvgIpc) is 2.32. The smallest absolute Gasteiger partial charge is 0.319 e. The number of rotatable bonds is 3. The average molecular weight is 281 g/mol. The lowest BCUT2D eigenvalue weighted by Gasteiger charge is -2.35. The van der Waals surface area contributed by atoms with Crippen LogP contribution < -0.4 is 5.32 Å². The molecule has 7 nitrogen and oxygen atoms in total. The summed E-state index contributed by atoms with van der Waals surface area (Å²) in [6, 6.07) is 3.24. The standard InChI is InChI=1S/C11H9ClN4O3/c12-9-8(16(18)19)7(2-5-14-9)10(17)15-11(6-13)3-1-4-11/h2,5H,1,3-4H2,(H,15,17). The number of carbonyl (C=O) groups excluding carboxylic acids is 1. The highest BCUT2D eigenvalue weighted by Gasteiger charge is 2.40. The van der Waals surface area contributed by atoms with Crippen molar-refractivity contribution in [3.8, 4) is 6.07 Å². The fourth-order valence-electron chi connectivity index (χ4n) is 1.87. The van der Waals surface area contributed by atoms with Crippen LogP contribution in [0.5, 0.6) is 0 Å². The van der Waals surface area contributed by atoms with Gasteiger partial charge in [0.25, 0.3) is 5.91 Å². The number of nitrogens with zero attached hydrogens (tertiary/aromatic N) is 3. The van der Waals surface area contributed by atoms with Crippen LogP contribution in [0.2, 0.25) is 5.15 Å². The zero-order chi connectivity index (χ0) is 14.0. The first-order valence-corrected chi connectivity index (χ1v) is 5.89. The van der Waals surface area contributed by atoms with E-state index in [0.29, 0.717) is 12.8 Å². The second kappa shape index (κ2) is 4.82. The van der Waals surface area contributed by atoms with Gasteiger partial charge in [0.15, 0.2) is 0 Å². The van der Waals surface area contributed by atoms with Gasteiger partial charge in [-0.15, -0.1) is 0 Å². The topological polar surface area (TPSA) is 109 Å². The fourth-order valence-corrected chi connectivity index (χ4v) is 2.09. The molecular weight excluding hydrogens is 272 g/mol. The zero-order valence-electron chi connectivity index (χ0n) is 9.72. The van der Waals surface area contributed by atoms with E-state index in [1.54, 1.807) is 0 Å². The Bertz CT molecular complexity index is 592. The maximum absolute atomic E-state index is 12.0. The number of nitriles is 1. The number of nitro groups is 1. The molecule has 98 valence electrons. The van der Waals surface area contributed by atoms with Gasteiger partial charge >= 0.3 is 5.69 Å². The fraction of sp³-hybridized carbons (Fsp3) is 0.364. The van der Waals surface area contributed by atoms with Crippen LogP contribution in [0.3, 0.4) is 0 Å². The normalized spacial score (nSPS) is 16.0. The summed E-state index contributed by atoms with van der Waals surface area (Å²) in [5.41, 5.74) is -1.65. The molecule has 19 heavy (non-hydrogen) atoms. The first kappa shape index (κ1) is 13.2. The van der Waals surface area contributed by atoms with Crippen molar-refractivity contribution in [2.24, 2.45) is 0 Å². The molecule has 1 amide bonds. The molecule has 1 aromatic heterocycles. The summed E-state index contributed by atoms with van der Waals surface area (Å²) in [7, 11) is 0. The van der Waals surface area contributed by atoms with Crippen LogP contribution in [0.1, 0.15) is 29.6 Å². The largest absolute Gasteiger partial charge is 0.333 e. The molecule has 1 heterocycles. The second-order valence-corrected chi connectivity index (χ2v) is 4.61. The molecule has 8 heteroatoms. The summed E-state index contributed by atoms with van der Waals surface area (Å²) in [6.45, 7) is 0. The van der Waals surface area contributed by atoms with Gasteiger partial charge in [-0.3, -0.25) is 14.9 Å². The van der Waals surface area contributed by atoms with E-state index in [9.17, 15) is 14.9 Å². The van der Waals surface area contributed by atoms with Gasteiger partial charge in [-0.2, -0.15) is 5.26 Å². The highest BCUT2D eigenvalue weighted by molar-refractivity contribution is 6.32. The number of amides is 1. The molecule has 1 N–H and O–H groups in total. The minimum atomic E-state index is -0.916. The van der Waals surface area contributed by atoms with Crippen LogP contribution in [0, 0.1) is 21.4 Å². The van der Waals surface area contributed by atoms with Gasteiger partial charge in [0, 0.05) is 6.20 Å². The van der Waals surface area contributed by atoms with E-state index in [4.69, 9.17) is 16.9 Å². The van der Waals surface area contributed by atoms with Gasteiger partial charge in [-0.05, 0) is 25.3 Å². The zero-order valence-corrected chi connectivity index (χ0v) is 10.5. The maximum atomic E-state index is 12.0. The monoisotopic (exact) mass is 280 g/mol. The molecule has 0 atom stereocenters. The summed E-state index contributed by atoms with van der Waals surface area (Å²) in [5.74, 6) is -0.683. The summed E-state index contributed by atoms with van der Waals surface area (Å²) in [5, 5.41) is 22.1. The van der Waals surface area contributed by atoms with Crippen molar-refractivity contribution in [1.82, 2.24) is 10.3 Å². The summed E-state index contributed by atoms with van der Waals surface area (Å²) < 4.78 is 0. The molecule has 0 unspecified atom stereocenters. The van der Waals surface area contributed by atoms with Crippen LogP contribution in [-0.2, 0) is 0 Å². The highest BCUT2D eigenvalue weighted by Crippen LogP contribution is 2.32. The number of hydrogen-bond donors (Lipinski definition) is 1. The molecule has 1 aliphatic rings. The van der Waals surface area contributed by atoms with E-state index in [2.05, 4.69) is 10.3 Å². The predicted molar refractivity (Wildman–Crippen MR) is 65.6 cm³/mol. The minimum Gasteiger partial charge on any atom is -0.333 e. The molecule has 1 aromatic rings. The molecule has 0 spiro atoms. The Kier molecular flexibility index (Phi) is 3.36. The van der Waals surface area contributed by atoms with E-state index in [1.165, 1.54) is 12.3 Å². The quantitative estimate of drug-likeness (QED) is 0.516. The first-order chi connectivity index (χ1) is 8.99. The van der Waals surface area contributed by atoms with Crippen molar-refractivity contribution in [2.75, 3.05) is 0 Å². The minimum absolute atomic E-state index is 0.188.